The van der Waals surface area contributed by atoms with Gasteiger partial charge in [0, 0.05) is 23.9 Å². The Morgan fingerprint density at radius 2 is 1.97 bits per heavy atom. The fourth-order valence-corrected chi connectivity index (χ4v) is 4.19. The van der Waals surface area contributed by atoms with Crippen LogP contribution in [0, 0.1) is 0 Å². The zero-order valence-electron chi connectivity index (χ0n) is 18.6. The fourth-order valence-electron chi connectivity index (χ4n) is 4.19. The van der Waals surface area contributed by atoms with Gasteiger partial charge in [0.15, 0.2) is 0 Å². The first-order chi connectivity index (χ1) is 16.8. The number of nitrogens with one attached hydrogen (secondary N) is 3. The number of H-pyrrole nitrogens is 1. The lowest BCUT2D eigenvalue weighted by Crippen LogP contribution is -2.64. The van der Waals surface area contributed by atoms with E-state index < -0.39 is 48.2 Å². The maximum Gasteiger partial charge on any atom is 0.358 e. The number of rotatable bonds is 7. The molecule has 1 aromatic carbocycles. The van der Waals surface area contributed by atoms with E-state index in [-0.39, 0.29) is 31.6 Å². The number of hydrogen-bond acceptors (Lipinski definition) is 6. The van der Waals surface area contributed by atoms with E-state index in [0.717, 1.165) is 25.9 Å². The quantitative estimate of drug-likeness (QED) is 0.401. The number of carbonyl (C=O) groups is 6. The summed E-state index contributed by atoms with van der Waals surface area (Å²) in [5.74, 6) is -3.05. The van der Waals surface area contributed by atoms with Gasteiger partial charge in [-0.25, -0.2) is 19.8 Å². The molecule has 0 spiro atoms. The van der Waals surface area contributed by atoms with E-state index in [1.165, 1.54) is 0 Å². The van der Waals surface area contributed by atoms with Crippen molar-refractivity contribution >= 4 is 46.9 Å². The van der Waals surface area contributed by atoms with Gasteiger partial charge in [-0.2, -0.15) is 0 Å². The van der Waals surface area contributed by atoms with E-state index >= 15 is 0 Å². The van der Waals surface area contributed by atoms with Crippen LogP contribution in [0.15, 0.2) is 30.3 Å². The number of carboxylic acids is 1. The van der Waals surface area contributed by atoms with Gasteiger partial charge < -0.3 is 20.2 Å². The first kappa shape index (κ1) is 23.7. The Morgan fingerprint density at radius 1 is 1.20 bits per heavy atom. The van der Waals surface area contributed by atoms with Crippen LogP contribution in [-0.4, -0.2) is 86.3 Å². The van der Waals surface area contributed by atoms with Crippen molar-refractivity contribution in [2.24, 2.45) is 0 Å². The molecule has 35 heavy (non-hydrogen) atoms. The highest BCUT2D eigenvalue weighted by molar-refractivity contribution is 5.99. The maximum absolute atomic E-state index is 13.4. The Kier molecular flexibility index (Phi) is 6.66. The topological polar surface area (TPSA) is 172 Å². The van der Waals surface area contributed by atoms with Crippen LogP contribution in [-0.2, 0) is 19.2 Å². The monoisotopic (exact) mass is 484 g/mol. The van der Waals surface area contributed by atoms with Crippen molar-refractivity contribution in [3.63, 3.8) is 0 Å². The molecule has 2 atom stereocenters. The van der Waals surface area contributed by atoms with Crippen molar-refractivity contribution in [2.75, 3.05) is 13.1 Å². The summed E-state index contributed by atoms with van der Waals surface area (Å²) in [6.07, 6.45) is 0.198. The molecule has 13 heteroatoms. The van der Waals surface area contributed by atoms with Crippen molar-refractivity contribution in [2.45, 2.75) is 37.8 Å². The van der Waals surface area contributed by atoms with Gasteiger partial charge in [0.25, 0.3) is 5.91 Å². The molecule has 2 fully saturated rings. The molecule has 5 amide bonds. The minimum atomic E-state index is -1.29. The predicted octanol–water partition coefficient (Wildman–Crippen LogP) is 0.00480. The lowest BCUT2D eigenvalue weighted by Gasteiger charge is -2.42. The number of aliphatic carboxylic acids is 1. The summed E-state index contributed by atoms with van der Waals surface area (Å²) >= 11 is 0. The van der Waals surface area contributed by atoms with Crippen LogP contribution in [0.4, 0.5) is 4.79 Å². The van der Waals surface area contributed by atoms with Crippen LogP contribution < -0.4 is 10.7 Å². The lowest BCUT2D eigenvalue weighted by molar-refractivity contribution is -0.155. The Bertz CT molecular complexity index is 1160. The number of hydrazine groups is 2. The zero-order valence-corrected chi connectivity index (χ0v) is 18.6. The van der Waals surface area contributed by atoms with E-state index in [1.54, 1.807) is 12.1 Å². The van der Waals surface area contributed by atoms with Gasteiger partial charge >= 0.3 is 12.0 Å². The van der Waals surface area contributed by atoms with Gasteiger partial charge in [-0.05, 0) is 25.0 Å². The number of hydrogen-bond donors (Lipinski definition) is 4. The SMILES string of the molecule is O=C[C@H](CC(=O)O)NC(=O)[C@@H]1CCCN2C(=O)CCN(NC(=O)c3cc4ccccc4[nH]3)C(=O)N12. The van der Waals surface area contributed by atoms with Crippen LogP contribution >= 0.6 is 0 Å². The first-order valence-electron chi connectivity index (χ1n) is 11.1. The van der Waals surface area contributed by atoms with Gasteiger partial charge in [-0.1, -0.05) is 18.2 Å². The Balaban J connectivity index is 1.54. The second kappa shape index (κ2) is 9.83. The average Bonchev–Trinajstić information content (AvgIpc) is 3.24. The minimum absolute atomic E-state index is 0.0838. The number of urea groups is 1. The molecule has 3 heterocycles. The highest BCUT2D eigenvalue weighted by Crippen LogP contribution is 2.24. The third-order valence-corrected chi connectivity index (χ3v) is 5.87. The van der Waals surface area contributed by atoms with Gasteiger partial charge in [-0.3, -0.25) is 24.6 Å². The van der Waals surface area contributed by atoms with Crippen molar-refractivity contribution in [3.8, 4) is 0 Å². The number of amides is 5. The molecule has 4 rings (SSSR count). The average molecular weight is 484 g/mol. The zero-order chi connectivity index (χ0) is 25.1. The highest BCUT2D eigenvalue weighted by Gasteiger charge is 2.44. The van der Waals surface area contributed by atoms with E-state index in [9.17, 15) is 28.8 Å². The predicted molar refractivity (Wildman–Crippen MR) is 119 cm³/mol. The second-order valence-corrected chi connectivity index (χ2v) is 8.26. The van der Waals surface area contributed by atoms with Crippen molar-refractivity contribution < 1.29 is 33.9 Å². The first-order valence-corrected chi connectivity index (χ1v) is 11.1. The smallest absolute Gasteiger partial charge is 0.358 e. The molecule has 4 N–H and O–H groups in total. The van der Waals surface area contributed by atoms with Crippen LogP contribution in [0.2, 0.25) is 0 Å². The molecule has 2 aliphatic rings. The Hall–Kier alpha value is -4.42. The molecule has 2 aromatic rings. The van der Waals surface area contributed by atoms with Crippen molar-refractivity contribution in [1.29, 1.82) is 0 Å². The molecular formula is C22H24N6O7. The van der Waals surface area contributed by atoms with Gasteiger partial charge in [0.05, 0.1) is 19.0 Å². The number of aldehydes is 1. The molecule has 0 radical (unpaired) electrons. The molecule has 184 valence electrons. The third-order valence-electron chi connectivity index (χ3n) is 5.87. The number of nitrogens with zero attached hydrogens (tertiary/aromatic N) is 3. The van der Waals surface area contributed by atoms with Crippen LogP contribution in [0.1, 0.15) is 36.2 Å². The highest BCUT2D eigenvalue weighted by atomic mass is 16.4. The van der Waals surface area contributed by atoms with Crippen LogP contribution in [0.25, 0.3) is 10.9 Å². The molecular weight excluding hydrogens is 460 g/mol. The van der Waals surface area contributed by atoms with Gasteiger partial charge in [0.2, 0.25) is 11.8 Å². The maximum atomic E-state index is 13.4. The molecule has 13 nitrogen and oxygen atoms in total. The second-order valence-electron chi connectivity index (χ2n) is 8.26. The number of aromatic nitrogens is 1. The lowest BCUT2D eigenvalue weighted by atomic mass is 10.1. The van der Waals surface area contributed by atoms with Gasteiger partial charge in [0.1, 0.15) is 18.0 Å². The van der Waals surface area contributed by atoms with Crippen molar-refractivity contribution in [1.82, 2.24) is 30.8 Å². The van der Waals surface area contributed by atoms with Crippen LogP contribution in [0.3, 0.4) is 0 Å². The summed E-state index contributed by atoms with van der Waals surface area (Å²) in [5, 5.41) is 15.2. The standard InChI is InChI=1S/C22H24N6O7/c29-12-14(11-19(31)32)23-21(34)17-6-3-8-27-18(30)7-9-26(22(35)28(17)27)25-20(33)16-10-13-4-1-2-5-15(13)24-16/h1-2,4-5,10,12,14,17,24H,3,6-9,11H2,(H,23,34)(H,25,33)(H,31,32)/t14-,17-/m0/s1. The summed E-state index contributed by atoms with van der Waals surface area (Å²) in [6, 6.07) is 5.64. The summed E-state index contributed by atoms with van der Waals surface area (Å²) in [6.45, 7) is 0.0886. The van der Waals surface area contributed by atoms with E-state index in [2.05, 4.69) is 15.7 Å². The van der Waals surface area contributed by atoms with Crippen LogP contribution in [0.5, 0.6) is 0 Å². The minimum Gasteiger partial charge on any atom is -0.481 e. The molecule has 2 saturated heterocycles. The van der Waals surface area contributed by atoms with E-state index in [4.69, 9.17) is 5.11 Å². The fraction of sp³-hybridized carbons (Fsp3) is 0.364. The summed E-state index contributed by atoms with van der Waals surface area (Å²) < 4.78 is 0. The molecule has 1 aromatic heterocycles. The van der Waals surface area contributed by atoms with E-state index in [0.29, 0.717) is 12.7 Å². The molecule has 2 aliphatic heterocycles. The Labute approximate surface area is 199 Å². The summed E-state index contributed by atoms with van der Waals surface area (Å²) in [7, 11) is 0. The van der Waals surface area contributed by atoms with Gasteiger partial charge in [-0.15, -0.1) is 0 Å². The third kappa shape index (κ3) is 4.93. The van der Waals surface area contributed by atoms with Crippen molar-refractivity contribution in [3.05, 3.63) is 36.0 Å². The number of aromatic amines is 1. The molecule has 0 aliphatic carbocycles. The normalized spacial score (nSPS) is 19.1. The largest absolute Gasteiger partial charge is 0.481 e. The molecule has 0 bridgehead atoms. The summed E-state index contributed by atoms with van der Waals surface area (Å²) in [5.41, 5.74) is 3.45. The number of fused-ring (bicyclic) bond motifs is 2. The molecule has 0 saturated carbocycles. The Morgan fingerprint density at radius 3 is 2.69 bits per heavy atom. The number of carbonyl (C=O) groups excluding carboxylic acids is 5. The molecule has 0 unspecified atom stereocenters. The number of para-hydroxylation sites is 1. The number of benzene rings is 1. The van der Waals surface area contributed by atoms with E-state index in [1.807, 2.05) is 18.2 Å². The number of carboxylic acid groups (broad SMARTS) is 1. The summed E-state index contributed by atoms with van der Waals surface area (Å²) in [4.78, 5) is 77.0.